The Morgan fingerprint density at radius 1 is 1.11 bits per heavy atom. The summed E-state index contributed by atoms with van der Waals surface area (Å²) in [7, 11) is 0. The monoisotopic (exact) mass is 518 g/mol. The molecule has 2 aromatic heterocycles. The highest BCUT2D eigenvalue weighted by atomic mass is 32.2. The van der Waals surface area contributed by atoms with Crippen molar-refractivity contribution >= 4 is 22.5 Å². The third-order valence-electron chi connectivity index (χ3n) is 7.70. The van der Waals surface area contributed by atoms with Gasteiger partial charge in [-0.1, -0.05) is 23.3 Å². The van der Waals surface area contributed by atoms with E-state index in [-0.39, 0.29) is 11.0 Å². The smallest absolute Gasteiger partial charge is 0.416 e. The molecule has 10 heteroatoms. The van der Waals surface area contributed by atoms with E-state index < -0.39 is 22.9 Å². The molecular weight excluding hydrogens is 489 g/mol. The molecule has 0 atom stereocenters. The molecule has 3 fully saturated rings. The molecule has 0 saturated carbocycles. The second-order valence-electron chi connectivity index (χ2n) is 10.4. The van der Waals surface area contributed by atoms with E-state index in [1.54, 1.807) is 13.0 Å². The van der Waals surface area contributed by atoms with E-state index >= 15 is 0 Å². The average molecular weight is 519 g/mol. The first-order valence-corrected chi connectivity index (χ1v) is 13.8. The number of halogens is 3. The molecule has 6 nitrogen and oxygen atoms in total. The molecule has 1 spiro atoms. The summed E-state index contributed by atoms with van der Waals surface area (Å²) in [6.45, 7) is 6.92. The van der Waals surface area contributed by atoms with Gasteiger partial charge in [0.15, 0.2) is 0 Å². The standard InChI is InChI=1S/C26H29F3N4O2S/c1-18-19(3-2-4-21(18)26(27,28)29)11-23-22(13-31-14-25(15-31)16-36(34)17-25)30-24-6-5-20(12-33(23)24)32-7-9-35-10-8-32/h2-6,12H,7-11,13-17H2,1H3. The third kappa shape index (κ3) is 4.38. The number of anilines is 1. The van der Waals surface area contributed by atoms with Crippen LogP contribution in [0.25, 0.3) is 5.65 Å². The van der Waals surface area contributed by atoms with E-state index in [2.05, 4.69) is 22.1 Å². The minimum absolute atomic E-state index is 0.186. The molecule has 0 aliphatic carbocycles. The predicted molar refractivity (Wildman–Crippen MR) is 133 cm³/mol. The maximum Gasteiger partial charge on any atom is 0.416 e. The molecule has 36 heavy (non-hydrogen) atoms. The number of benzene rings is 1. The zero-order valence-corrected chi connectivity index (χ0v) is 21.0. The van der Waals surface area contributed by atoms with Gasteiger partial charge in [-0.05, 0) is 36.2 Å². The minimum Gasteiger partial charge on any atom is -0.616 e. The predicted octanol–water partition coefficient (Wildman–Crippen LogP) is 3.65. The Kier molecular flexibility index (Phi) is 5.98. The van der Waals surface area contributed by atoms with Crippen molar-refractivity contribution in [3.05, 3.63) is 64.6 Å². The number of likely N-dealkylation sites (tertiary alicyclic amines) is 1. The first-order chi connectivity index (χ1) is 17.2. The van der Waals surface area contributed by atoms with Crippen molar-refractivity contribution < 1.29 is 22.5 Å². The van der Waals surface area contributed by atoms with Crippen molar-refractivity contribution in [1.82, 2.24) is 14.3 Å². The zero-order chi connectivity index (χ0) is 25.1. The van der Waals surface area contributed by atoms with Gasteiger partial charge >= 0.3 is 6.18 Å². The molecule has 3 saturated heterocycles. The van der Waals surface area contributed by atoms with Crippen LogP contribution in [0.2, 0.25) is 0 Å². The van der Waals surface area contributed by atoms with Crippen LogP contribution in [0.5, 0.6) is 0 Å². The van der Waals surface area contributed by atoms with Crippen molar-refractivity contribution in [1.29, 1.82) is 0 Å². The van der Waals surface area contributed by atoms with E-state index in [1.807, 2.05) is 10.5 Å². The Balaban J connectivity index is 1.35. The number of aromatic nitrogens is 2. The van der Waals surface area contributed by atoms with Crippen molar-refractivity contribution in [2.45, 2.75) is 26.1 Å². The van der Waals surface area contributed by atoms with E-state index in [9.17, 15) is 17.7 Å². The fourth-order valence-electron chi connectivity index (χ4n) is 5.87. The fourth-order valence-corrected chi connectivity index (χ4v) is 7.51. The van der Waals surface area contributed by atoms with Crippen molar-refractivity contribution in [3.8, 4) is 0 Å². The van der Waals surface area contributed by atoms with Gasteiger partial charge in [-0.25, -0.2) is 4.98 Å². The van der Waals surface area contributed by atoms with Gasteiger partial charge in [0, 0.05) is 45.3 Å². The van der Waals surface area contributed by atoms with Gasteiger partial charge in [-0.3, -0.25) is 4.90 Å². The Labute approximate surface area is 211 Å². The maximum atomic E-state index is 13.6. The van der Waals surface area contributed by atoms with Crippen LogP contribution < -0.4 is 4.90 Å². The number of imidazole rings is 1. The first kappa shape index (κ1) is 24.1. The molecule has 6 rings (SSSR count). The van der Waals surface area contributed by atoms with Gasteiger partial charge in [0.1, 0.15) is 17.2 Å². The molecule has 5 heterocycles. The molecule has 1 aromatic carbocycles. The number of hydrogen-bond acceptors (Lipinski definition) is 5. The Hall–Kier alpha value is -2.27. The van der Waals surface area contributed by atoms with Gasteiger partial charge in [0.25, 0.3) is 0 Å². The molecule has 0 unspecified atom stereocenters. The number of rotatable bonds is 5. The van der Waals surface area contributed by atoms with E-state index in [1.165, 1.54) is 6.07 Å². The lowest BCUT2D eigenvalue weighted by molar-refractivity contribution is -0.138. The number of ether oxygens (including phenoxy) is 1. The lowest BCUT2D eigenvalue weighted by Crippen LogP contribution is -2.67. The number of alkyl halides is 3. The minimum atomic E-state index is -4.39. The molecule has 0 N–H and O–H groups in total. The summed E-state index contributed by atoms with van der Waals surface area (Å²) in [6, 6.07) is 8.46. The highest BCUT2D eigenvalue weighted by Gasteiger charge is 2.56. The van der Waals surface area contributed by atoms with Crippen LogP contribution in [0.3, 0.4) is 0 Å². The number of hydrogen-bond donors (Lipinski definition) is 0. The Morgan fingerprint density at radius 2 is 1.86 bits per heavy atom. The summed E-state index contributed by atoms with van der Waals surface area (Å²) in [5, 5.41) is 0. The van der Waals surface area contributed by atoms with Crippen molar-refractivity contribution in [2.75, 3.05) is 55.8 Å². The van der Waals surface area contributed by atoms with Gasteiger partial charge in [0.05, 0.1) is 41.3 Å². The maximum absolute atomic E-state index is 13.6. The molecule has 3 aliphatic heterocycles. The second kappa shape index (κ2) is 8.93. The normalized spacial score (nSPS) is 20.6. The summed E-state index contributed by atoms with van der Waals surface area (Å²) in [5.74, 6) is 1.54. The van der Waals surface area contributed by atoms with Crippen LogP contribution in [0, 0.1) is 12.3 Å². The molecule has 192 valence electrons. The SMILES string of the molecule is Cc1c(Cc2c(CN3CC4(C3)C[S+]([O-])C4)nc3ccc(N4CCOCC4)cn23)cccc1C(F)(F)F. The van der Waals surface area contributed by atoms with E-state index in [0.717, 1.165) is 66.5 Å². The summed E-state index contributed by atoms with van der Waals surface area (Å²) in [4.78, 5) is 9.49. The quantitative estimate of drug-likeness (QED) is 0.483. The lowest BCUT2D eigenvalue weighted by Gasteiger charge is -2.54. The van der Waals surface area contributed by atoms with Gasteiger partial charge in [0.2, 0.25) is 0 Å². The Bertz CT molecular complexity index is 1270. The van der Waals surface area contributed by atoms with Crippen LogP contribution in [0.4, 0.5) is 18.9 Å². The van der Waals surface area contributed by atoms with E-state index in [4.69, 9.17) is 9.72 Å². The topological polar surface area (TPSA) is 56.1 Å². The van der Waals surface area contributed by atoms with Crippen LogP contribution in [-0.2, 0) is 35.1 Å². The largest absolute Gasteiger partial charge is 0.616 e. The lowest BCUT2D eigenvalue weighted by atomic mass is 9.82. The highest BCUT2D eigenvalue weighted by molar-refractivity contribution is 7.92. The number of pyridine rings is 1. The van der Waals surface area contributed by atoms with Crippen LogP contribution in [0.1, 0.15) is 28.1 Å². The molecular formula is C26H29F3N4O2S. The average Bonchev–Trinajstić information content (AvgIpc) is 3.14. The van der Waals surface area contributed by atoms with Crippen molar-refractivity contribution in [3.63, 3.8) is 0 Å². The summed E-state index contributed by atoms with van der Waals surface area (Å²) < 4.78 is 60.0. The fraction of sp³-hybridized carbons (Fsp3) is 0.500. The number of morpholine rings is 1. The van der Waals surface area contributed by atoms with Crippen LogP contribution in [0.15, 0.2) is 36.5 Å². The summed E-state index contributed by atoms with van der Waals surface area (Å²) in [6.07, 6.45) is -1.97. The molecule has 3 aliphatic rings. The first-order valence-electron chi connectivity index (χ1n) is 12.3. The summed E-state index contributed by atoms with van der Waals surface area (Å²) >= 11 is -0.684. The molecule has 0 bridgehead atoms. The van der Waals surface area contributed by atoms with Gasteiger partial charge in [-0.15, -0.1) is 0 Å². The highest BCUT2D eigenvalue weighted by Crippen LogP contribution is 2.42. The second-order valence-corrected chi connectivity index (χ2v) is 11.8. The third-order valence-corrected chi connectivity index (χ3v) is 9.56. The van der Waals surface area contributed by atoms with E-state index in [0.29, 0.717) is 31.7 Å². The number of fused-ring (bicyclic) bond motifs is 1. The van der Waals surface area contributed by atoms with Gasteiger partial charge in [-0.2, -0.15) is 13.2 Å². The Morgan fingerprint density at radius 3 is 2.56 bits per heavy atom. The molecule has 3 aromatic rings. The molecule has 0 radical (unpaired) electrons. The van der Waals surface area contributed by atoms with Crippen molar-refractivity contribution in [2.24, 2.45) is 5.41 Å². The van der Waals surface area contributed by atoms with Gasteiger partial charge < -0.3 is 18.6 Å². The summed E-state index contributed by atoms with van der Waals surface area (Å²) in [5.41, 5.74) is 4.16. The zero-order valence-electron chi connectivity index (χ0n) is 20.2. The van der Waals surface area contributed by atoms with Crippen LogP contribution in [-0.4, -0.2) is 69.7 Å². The number of nitrogens with zero attached hydrogens (tertiary/aromatic N) is 4. The molecule has 0 amide bonds. The van der Waals surface area contributed by atoms with Crippen LogP contribution >= 0.6 is 0 Å².